The van der Waals surface area contributed by atoms with Gasteiger partial charge in [-0.1, -0.05) is 15.9 Å². The zero-order valence-corrected chi connectivity index (χ0v) is 12.8. The van der Waals surface area contributed by atoms with Gasteiger partial charge in [-0.3, -0.25) is 4.57 Å². The van der Waals surface area contributed by atoms with E-state index in [1.807, 2.05) is 19.1 Å². The second-order valence-electron chi connectivity index (χ2n) is 4.04. The number of benzene rings is 1. The SMILES string of the molecule is CC(Cl)c1nc2cc(Br)ccc2n1-c1ccsc1. The molecule has 0 radical (unpaired) electrons. The summed E-state index contributed by atoms with van der Waals surface area (Å²) in [6, 6.07) is 8.18. The van der Waals surface area contributed by atoms with Gasteiger partial charge in [0.15, 0.2) is 0 Å². The lowest BCUT2D eigenvalue weighted by Gasteiger charge is -2.08. The Labute approximate surface area is 122 Å². The van der Waals surface area contributed by atoms with Gasteiger partial charge in [-0.05, 0) is 36.6 Å². The minimum Gasteiger partial charge on any atom is -0.294 e. The molecule has 1 unspecified atom stereocenters. The number of nitrogens with zero attached hydrogens (tertiary/aromatic N) is 2. The van der Waals surface area contributed by atoms with Crippen molar-refractivity contribution in [2.45, 2.75) is 12.3 Å². The predicted octanol–water partition coefficient (Wildman–Crippen LogP) is 5.15. The number of imidazole rings is 1. The lowest BCUT2D eigenvalue weighted by molar-refractivity contribution is 0.885. The number of halogens is 2. The summed E-state index contributed by atoms with van der Waals surface area (Å²) in [5.41, 5.74) is 3.16. The van der Waals surface area contributed by atoms with Crippen LogP contribution in [0.3, 0.4) is 0 Å². The Morgan fingerprint density at radius 1 is 1.39 bits per heavy atom. The molecule has 0 bridgehead atoms. The summed E-state index contributed by atoms with van der Waals surface area (Å²) >= 11 is 11.4. The minimum absolute atomic E-state index is 0.129. The molecule has 0 aliphatic carbocycles. The summed E-state index contributed by atoms with van der Waals surface area (Å²) in [5.74, 6) is 0.878. The number of aromatic nitrogens is 2. The highest BCUT2D eigenvalue weighted by molar-refractivity contribution is 9.10. The number of fused-ring (bicyclic) bond motifs is 1. The molecular weight excluding hydrogens is 332 g/mol. The third-order valence-corrected chi connectivity index (χ3v) is 4.12. The van der Waals surface area contributed by atoms with E-state index in [1.54, 1.807) is 11.3 Å². The van der Waals surface area contributed by atoms with Crippen molar-refractivity contribution >= 4 is 49.9 Å². The van der Waals surface area contributed by atoms with Gasteiger partial charge in [0.1, 0.15) is 5.82 Å². The van der Waals surface area contributed by atoms with Crippen molar-refractivity contribution in [1.29, 1.82) is 0 Å². The van der Waals surface area contributed by atoms with Crippen LogP contribution in [0.4, 0.5) is 0 Å². The Morgan fingerprint density at radius 3 is 2.89 bits per heavy atom. The topological polar surface area (TPSA) is 17.8 Å². The molecule has 0 saturated heterocycles. The molecule has 0 aliphatic heterocycles. The minimum atomic E-state index is -0.129. The molecule has 2 aromatic heterocycles. The molecule has 1 aromatic carbocycles. The van der Waals surface area contributed by atoms with Gasteiger partial charge in [0.05, 0.1) is 22.1 Å². The fraction of sp³-hybridized carbons (Fsp3) is 0.154. The first-order valence-corrected chi connectivity index (χ1v) is 7.68. The van der Waals surface area contributed by atoms with E-state index in [0.29, 0.717) is 0 Å². The normalized spacial score (nSPS) is 13.1. The molecule has 0 saturated carbocycles. The first kappa shape index (κ1) is 12.2. The largest absolute Gasteiger partial charge is 0.294 e. The van der Waals surface area contributed by atoms with Crippen LogP contribution in [0.1, 0.15) is 18.1 Å². The summed E-state index contributed by atoms with van der Waals surface area (Å²) in [6.07, 6.45) is 0. The molecular formula is C13H10BrClN2S. The van der Waals surface area contributed by atoms with Crippen molar-refractivity contribution in [3.8, 4) is 5.69 Å². The zero-order valence-electron chi connectivity index (χ0n) is 9.60. The smallest absolute Gasteiger partial charge is 0.132 e. The van der Waals surface area contributed by atoms with Crippen molar-refractivity contribution < 1.29 is 0 Å². The van der Waals surface area contributed by atoms with Gasteiger partial charge in [0.2, 0.25) is 0 Å². The fourth-order valence-corrected chi connectivity index (χ4v) is 3.11. The highest BCUT2D eigenvalue weighted by atomic mass is 79.9. The second kappa shape index (κ2) is 4.68. The lowest BCUT2D eigenvalue weighted by Crippen LogP contribution is -2.00. The lowest BCUT2D eigenvalue weighted by atomic mass is 10.3. The maximum absolute atomic E-state index is 6.24. The summed E-state index contributed by atoms with van der Waals surface area (Å²) < 4.78 is 3.15. The third kappa shape index (κ3) is 1.98. The fourth-order valence-electron chi connectivity index (χ4n) is 1.99. The molecule has 0 spiro atoms. The van der Waals surface area contributed by atoms with Gasteiger partial charge in [-0.25, -0.2) is 4.98 Å². The van der Waals surface area contributed by atoms with Crippen LogP contribution >= 0.6 is 38.9 Å². The Bertz CT molecular complexity index is 688. The molecule has 2 heterocycles. The molecule has 1 atom stereocenters. The third-order valence-electron chi connectivity index (χ3n) is 2.76. The summed E-state index contributed by atoms with van der Waals surface area (Å²) in [6.45, 7) is 1.95. The van der Waals surface area contributed by atoms with Crippen LogP contribution in [0.25, 0.3) is 16.7 Å². The number of hydrogen-bond acceptors (Lipinski definition) is 2. The van der Waals surface area contributed by atoms with Gasteiger partial charge in [-0.15, -0.1) is 11.6 Å². The Kier molecular flexibility index (Phi) is 3.18. The Hall–Kier alpha value is -0.840. The number of alkyl halides is 1. The van der Waals surface area contributed by atoms with Crippen LogP contribution in [-0.2, 0) is 0 Å². The van der Waals surface area contributed by atoms with Gasteiger partial charge in [0, 0.05) is 9.85 Å². The second-order valence-corrected chi connectivity index (χ2v) is 6.39. The van der Waals surface area contributed by atoms with Crippen LogP contribution in [0.5, 0.6) is 0 Å². The van der Waals surface area contributed by atoms with Crippen LogP contribution in [-0.4, -0.2) is 9.55 Å². The molecule has 92 valence electrons. The van der Waals surface area contributed by atoms with Gasteiger partial charge in [-0.2, -0.15) is 11.3 Å². The van der Waals surface area contributed by atoms with E-state index in [9.17, 15) is 0 Å². The van der Waals surface area contributed by atoms with E-state index in [1.165, 1.54) is 0 Å². The van der Waals surface area contributed by atoms with Crippen molar-refractivity contribution in [2.24, 2.45) is 0 Å². The summed E-state index contributed by atoms with van der Waals surface area (Å²) in [5, 5.41) is 4.03. The maximum Gasteiger partial charge on any atom is 0.132 e. The van der Waals surface area contributed by atoms with E-state index in [2.05, 4.69) is 48.4 Å². The van der Waals surface area contributed by atoms with Crippen LogP contribution in [0.15, 0.2) is 39.5 Å². The average Bonchev–Trinajstić information content (AvgIpc) is 2.92. The molecule has 0 amide bonds. The van der Waals surface area contributed by atoms with Crippen LogP contribution in [0, 0.1) is 0 Å². The predicted molar refractivity (Wildman–Crippen MR) is 80.9 cm³/mol. The molecule has 5 heteroatoms. The zero-order chi connectivity index (χ0) is 12.7. The molecule has 18 heavy (non-hydrogen) atoms. The molecule has 3 aromatic rings. The quantitative estimate of drug-likeness (QED) is 0.589. The monoisotopic (exact) mass is 340 g/mol. The van der Waals surface area contributed by atoms with Crippen molar-refractivity contribution in [3.05, 3.63) is 45.3 Å². The number of hydrogen-bond donors (Lipinski definition) is 0. The van der Waals surface area contributed by atoms with Gasteiger partial charge >= 0.3 is 0 Å². The van der Waals surface area contributed by atoms with E-state index >= 15 is 0 Å². The molecule has 0 N–H and O–H groups in total. The Morgan fingerprint density at radius 2 is 2.22 bits per heavy atom. The first-order valence-electron chi connectivity index (χ1n) is 5.51. The van der Waals surface area contributed by atoms with Crippen molar-refractivity contribution in [3.63, 3.8) is 0 Å². The van der Waals surface area contributed by atoms with E-state index < -0.39 is 0 Å². The molecule has 0 fully saturated rings. The van der Waals surface area contributed by atoms with Gasteiger partial charge < -0.3 is 0 Å². The highest BCUT2D eigenvalue weighted by Crippen LogP contribution is 2.30. The van der Waals surface area contributed by atoms with E-state index in [-0.39, 0.29) is 5.38 Å². The highest BCUT2D eigenvalue weighted by Gasteiger charge is 2.16. The number of rotatable bonds is 2. The maximum atomic E-state index is 6.24. The van der Waals surface area contributed by atoms with Crippen molar-refractivity contribution in [2.75, 3.05) is 0 Å². The summed E-state index contributed by atoms with van der Waals surface area (Å²) in [4.78, 5) is 4.63. The van der Waals surface area contributed by atoms with Gasteiger partial charge in [0.25, 0.3) is 0 Å². The van der Waals surface area contributed by atoms with Crippen LogP contribution in [0.2, 0.25) is 0 Å². The average molecular weight is 342 g/mol. The number of thiophene rings is 1. The van der Waals surface area contributed by atoms with E-state index in [4.69, 9.17) is 11.6 Å². The van der Waals surface area contributed by atoms with E-state index in [0.717, 1.165) is 27.0 Å². The molecule has 2 nitrogen and oxygen atoms in total. The van der Waals surface area contributed by atoms with Crippen LogP contribution < -0.4 is 0 Å². The standard InChI is InChI=1S/C13H10BrClN2S/c1-8(15)13-16-11-6-9(14)2-3-12(11)17(13)10-4-5-18-7-10/h2-8H,1H3. The summed E-state index contributed by atoms with van der Waals surface area (Å²) in [7, 11) is 0. The van der Waals surface area contributed by atoms with Crippen molar-refractivity contribution in [1.82, 2.24) is 9.55 Å². The first-order chi connectivity index (χ1) is 8.66. The molecule has 3 rings (SSSR count). The molecule has 0 aliphatic rings. The Balaban J connectivity index is 2.36.